The molecular weight excluding hydrogens is 188 g/mol. The topological polar surface area (TPSA) is 44.0 Å². The lowest BCUT2D eigenvalue weighted by Crippen LogP contribution is -2.33. The molecule has 0 spiro atoms. The second-order valence-corrected chi connectivity index (χ2v) is 4.24. The molecule has 0 saturated heterocycles. The molecule has 1 aromatic heterocycles. The summed E-state index contributed by atoms with van der Waals surface area (Å²) in [5.41, 5.74) is 1.15. The van der Waals surface area contributed by atoms with E-state index in [1.54, 1.807) is 0 Å². The molecule has 0 aliphatic rings. The maximum Gasteiger partial charge on any atom is 0.103 e. The number of aromatic nitrogens is 2. The zero-order valence-electron chi connectivity index (χ0n) is 10.2. The van der Waals surface area contributed by atoms with E-state index >= 15 is 0 Å². The summed E-state index contributed by atoms with van der Waals surface area (Å²) < 4.78 is 0. The molecule has 1 aromatic rings. The van der Waals surface area contributed by atoms with Crippen LogP contribution in [-0.2, 0) is 6.54 Å². The molecule has 1 heterocycles. The minimum atomic E-state index is 0.612. The van der Waals surface area contributed by atoms with E-state index in [4.69, 9.17) is 0 Å². The predicted octanol–water partition coefficient (Wildman–Crippen LogP) is 1.15. The van der Waals surface area contributed by atoms with Crippen LogP contribution in [0.5, 0.6) is 0 Å². The van der Waals surface area contributed by atoms with Crippen molar-refractivity contribution < 1.29 is 0 Å². The third kappa shape index (κ3) is 4.44. The van der Waals surface area contributed by atoms with Crippen molar-refractivity contribution in [3.8, 4) is 0 Å². The summed E-state index contributed by atoms with van der Waals surface area (Å²) in [6.45, 7) is 9.33. The van der Waals surface area contributed by atoms with Gasteiger partial charge in [-0.05, 0) is 27.8 Å². The van der Waals surface area contributed by atoms with Gasteiger partial charge in [-0.25, -0.2) is 4.98 Å². The summed E-state index contributed by atoms with van der Waals surface area (Å²) in [7, 11) is 2.15. The van der Waals surface area contributed by atoms with Gasteiger partial charge < -0.3 is 15.2 Å². The zero-order chi connectivity index (χ0) is 11.3. The molecule has 4 nitrogen and oxygen atoms in total. The normalized spacial score (nSPS) is 11.6. The number of hydrogen-bond acceptors (Lipinski definition) is 3. The van der Waals surface area contributed by atoms with Gasteiger partial charge in [0.15, 0.2) is 0 Å². The number of likely N-dealkylation sites (N-methyl/N-ethyl adjacent to an activating group) is 1. The third-order valence-electron chi connectivity index (χ3n) is 2.59. The quantitative estimate of drug-likeness (QED) is 0.692. The molecule has 0 aromatic carbocycles. The van der Waals surface area contributed by atoms with Crippen molar-refractivity contribution in [3.63, 3.8) is 0 Å². The lowest BCUT2D eigenvalue weighted by molar-refractivity contribution is 0.273. The lowest BCUT2D eigenvalue weighted by atomic mass is 10.3. The minimum absolute atomic E-state index is 0.612. The molecule has 0 saturated carbocycles. The summed E-state index contributed by atoms with van der Waals surface area (Å²) in [4.78, 5) is 9.68. The Hall–Kier alpha value is -0.870. The number of rotatable bonds is 6. The first kappa shape index (κ1) is 12.2. The Kier molecular flexibility index (Phi) is 4.78. The lowest BCUT2D eigenvalue weighted by Gasteiger charge is -2.20. The molecule has 0 aliphatic heterocycles. The fourth-order valence-corrected chi connectivity index (χ4v) is 1.30. The first-order chi connectivity index (χ1) is 7.09. The average molecular weight is 210 g/mol. The number of aryl methyl sites for hydroxylation is 1. The summed E-state index contributed by atoms with van der Waals surface area (Å²) in [6, 6.07) is 0.612. The smallest absolute Gasteiger partial charge is 0.103 e. The predicted molar refractivity (Wildman–Crippen MR) is 62.8 cm³/mol. The maximum atomic E-state index is 4.15. The monoisotopic (exact) mass is 210 g/mol. The highest BCUT2D eigenvalue weighted by Crippen LogP contribution is 1.95. The summed E-state index contributed by atoms with van der Waals surface area (Å²) in [5.74, 6) is 0.978. The van der Waals surface area contributed by atoms with Crippen LogP contribution in [0.4, 0.5) is 0 Å². The molecular formula is C11H22N4. The molecule has 86 valence electrons. The Morgan fingerprint density at radius 1 is 1.53 bits per heavy atom. The summed E-state index contributed by atoms with van der Waals surface area (Å²) in [5, 5.41) is 3.39. The molecule has 0 aliphatic carbocycles. The van der Waals surface area contributed by atoms with Gasteiger partial charge in [-0.1, -0.05) is 0 Å². The third-order valence-corrected chi connectivity index (χ3v) is 2.59. The van der Waals surface area contributed by atoms with Crippen molar-refractivity contribution in [2.45, 2.75) is 33.4 Å². The Bertz CT molecular complexity index is 280. The van der Waals surface area contributed by atoms with Crippen LogP contribution < -0.4 is 5.32 Å². The van der Waals surface area contributed by atoms with Crippen molar-refractivity contribution in [2.24, 2.45) is 0 Å². The van der Waals surface area contributed by atoms with Gasteiger partial charge in [-0.3, -0.25) is 0 Å². The van der Waals surface area contributed by atoms with Crippen LogP contribution in [0.25, 0.3) is 0 Å². The SMILES string of the molecule is Cc1ncc(CNCCN(C)C(C)C)[nH]1. The molecule has 1 rings (SSSR count). The molecule has 0 unspecified atom stereocenters. The Labute approximate surface area is 92.1 Å². The summed E-state index contributed by atoms with van der Waals surface area (Å²) >= 11 is 0. The van der Waals surface area contributed by atoms with E-state index in [2.05, 4.69) is 41.1 Å². The van der Waals surface area contributed by atoms with Gasteiger partial charge in [-0.2, -0.15) is 0 Å². The van der Waals surface area contributed by atoms with Crippen molar-refractivity contribution in [1.82, 2.24) is 20.2 Å². The van der Waals surface area contributed by atoms with Crippen molar-refractivity contribution in [3.05, 3.63) is 17.7 Å². The fourth-order valence-electron chi connectivity index (χ4n) is 1.30. The first-order valence-electron chi connectivity index (χ1n) is 5.51. The summed E-state index contributed by atoms with van der Waals surface area (Å²) in [6.07, 6.45) is 1.88. The Morgan fingerprint density at radius 2 is 2.27 bits per heavy atom. The van der Waals surface area contributed by atoms with Crippen LogP contribution in [0.3, 0.4) is 0 Å². The van der Waals surface area contributed by atoms with Crippen LogP contribution >= 0.6 is 0 Å². The van der Waals surface area contributed by atoms with E-state index in [0.29, 0.717) is 6.04 Å². The number of nitrogens with one attached hydrogen (secondary N) is 2. The van der Waals surface area contributed by atoms with E-state index in [1.807, 2.05) is 13.1 Å². The first-order valence-corrected chi connectivity index (χ1v) is 5.51. The highest BCUT2D eigenvalue weighted by Gasteiger charge is 2.01. The van der Waals surface area contributed by atoms with Gasteiger partial charge in [0.25, 0.3) is 0 Å². The molecule has 15 heavy (non-hydrogen) atoms. The Morgan fingerprint density at radius 3 is 2.80 bits per heavy atom. The van der Waals surface area contributed by atoms with Crippen molar-refractivity contribution in [2.75, 3.05) is 20.1 Å². The molecule has 0 radical (unpaired) electrons. The standard InChI is InChI=1S/C11H22N4/c1-9(2)15(4)6-5-12-7-11-8-13-10(3)14-11/h8-9,12H,5-7H2,1-4H3,(H,13,14). The van der Waals surface area contributed by atoms with Crippen LogP contribution in [0, 0.1) is 6.92 Å². The van der Waals surface area contributed by atoms with Crippen LogP contribution in [0.15, 0.2) is 6.20 Å². The van der Waals surface area contributed by atoms with Gasteiger partial charge in [0.05, 0.1) is 0 Å². The maximum absolute atomic E-state index is 4.15. The van der Waals surface area contributed by atoms with Crippen molar-refractivity contribution in [1.29, 1.82) is 0 Å². The number of H-pyrrole nitrogens is 1. The van der Waals surface area contributed by atoms with Crippen LogP contribution in [0.2, 0.25) is 0 Å². The van der Waals surface area contributed by atoms with E-state index in [-0.39, 0.29) is 0 Å². The molecule has 0 bridgehead atoms. The zero-order valence-corrected chi connectivity index (χ0v) is 10.2. The molecule has 0 amide bonds. The van der Waals surface area contributed by atoms with Gasteiger partial charge in [-0.15, -0.1) is 0 Å². The van der Waals surface area contributed by atoms with Crippen LogP contribution in [-0.4, -0.2) is 41.0 Å². The highest BCUT2D eigenvalue weighted by molar-refractivity contribution is 4.99. The second kappa shape index (κ2) is 5.88. The molecule has 2 N–H and O–H groups in total. The fraction of sp³-hybridized carbons (Fsp3) is 0.727. The largest absolute Gasteiger partial charge is 0.345 e. The van der Waals surface area contributed by atoms with E-state index in [0.717, 1.165) is 31.2 Å². The molecule has 0 atom stereocenters. The minimum Gasteiger partial charge on any atom is -0.345 e. The van der Waals surface area contributed by atoms with Gasteiger partial charge in [0.2, 0.25) is 0 Å². The van der Waals surface area contributed by atoms with Crippen molar-refractivity contribution >= 4 is 0 Å². The van der Waals surface area contributed by atoms with E-state index in [1.165, 1.54) is 0 Å². The number of aromatic amines is 1. The van der Waals surface area contributed by atoms with Gasteiger partial charge in [0, 0.05) is 37.6 Å². The van der Waals surface area contributed by atoms with E-state index in [9.17, 15) is 0 Å². The van der Waals surface area contributed by atoms with Gasteiger partial charge in [0.1, 0.15) is 5.82 Å². The van der Waals surface area contributed by atoms with E-state index < -0.39 is 0 Å². The van der Waals surface area contributed by atoms with Crippen LogP contribution in [0.1, 0.15) is 25.4 Å². The number of imidazole rings is 1. The molecule has 0 fully saturated rings. The second-order valence-electron chi connectivity index (χ2n) is 4.24. The van der Waals surface area contributed by atoms with Gasteiger partial charge >= 0.3 is 0 Å². The molecule has 4 heteroatoms. The number of nitrogens with zero attached hydrogens (tertiary/aromatic N) is 2. The highest BCUT2D eigenvalue weighted by atomic mass is 15.1. The Balaban J connectivity index is 2.12. The average Bonchev–Trinajstić information content (AvgIpc) is 2.58. The number of hydrogen-bond donors (Lipinski definition) is 2.